The summed E-state index contributed by atoms with van der Waals surface area (Å²) in [6, 6.07) is 8.59. The first kappa shape index (κ1) is 26.7. The number of likely N-dealkylation sites (N-methyl/N-ethyl adjacent to an activating group) is 1. The molecule has 0 spiro atoms. The molecule has 0 bridgehead atoms. The summed E-state index contributed by atoms with van der Waals surface area (Å²) in [5.74, 6) is -3.62. The Bertz CT molecular complexity index is 1400. The molecule has 0 aliphatic rings. The van der Waals surface area contributed by atoms with Gasteiger partial charge in [0, 0.05) is 31.3 Å². The predicted molar refractivity (Wildman–Crippen MR) is 127 cm³/mol. The minimum atomic E-state index is -4.43. The molecule has 0 saturated heterocycles. The molecule has 0 radical (unpaired) electrons. The molecule has 13 heteroatoms. The average Bonchev–Trinajstić information content (AvgIpc) is 2.78. The molecule has 0 unspecified atom stereocenters. The Hall–Kier alpha value is -3.90. The quantitative estimate of drug-likeness (QED) is 0.340. The molecule has 0 aromatic heterocycles. The topological polar surface area (TPSA) is 136 Å². The highest BCUT2D eigenvalue weighted by Gasteiger charge is 2.28. The van der Waals surface area contributed by atoms with Gasteiger partial charge in [0.1, 0.15) is 22.6 Å². The molecule has 4 N–H and O–H groups in total. The number of hydrogen-bond donors (Lipinski definition) is 4. The molecule has 0 heterocycles. The Labute approximate surface area is 210 Å². The van der Waals surface area contributed by atoms with E-state index in [1.165, 1.54) is 37.4 Å². The van der Waals surface area contributed by atoms with E-state index in [0.29, 0.717) is 6.07 Å². The maximum absolute atomic E-state index is 13.7. The average molecular weight is 540 g/mol. The van der Waals surface area contributed by atoms with E-state index in [1.807, 2.05) is 0 Å². The minimum Gasteiger partial charge on any atom is -0.504 e. The summed E-state index contributed by atoms with van der Waals surface area (Å²) in [5, 5.41) is 21.3. The van der Waals surface area contributed by atoms with Gasteiger partial charge in [-0.1, -0.05) is 23.7 Å². The van der Waals surface area contributed by atoms with Gasteiger partial charge in [0.2, 0.25) is 5.91 Å². The molecule has 1 atom stereocenters. The maximum Gasteiger partial charge on any atom is 0.329 e. The lowest BCUT2D eigenvalue weighted by Gasteiger charge is -2.25. The third-order valence-corrected chi connectivity index (χ3v) is 6.83. The molecule has 9 nitrogen and oxygen atoms in total. The normalized spacial score (nSPS) is 12.0. The van der Waals surface area contributed by atoms with Crippen LogP contribution in [0.15, 0.2) is 65.6 Å². The molecule has 3 aromatic rings. The van der Waals surface area contributed by atoms with Gasteiger partial charge in [-0.2, -0.15) is 0 Å². The maximum atomic E-state index is 13.7. The van der Waals surface area contributed by atoms with Crippen molar-refractivity contribution < 1.29 is 37.0 Å². The van der Waals surface area contributed by atoms with Crippen LogP contribution < -0.4 is 14.9 Å². The first-order valence-electron chi connectivity index (χ1n) is 10.2. The van der Waals surface area contributed by atoms with E-state index in [9.17, 15) is 37.0 Å². The van der Waals surface area contributed by atoms with Gasteiger partial charge < -0.3 is 20.4 Å². The van der Waals surface area contributed by atoms with Crippen LogP contribution in [-0.2, 0) is 21.2 Å². The van der Waals surface area contributed by atoms with Crippen LogP contribution in [0.3, 0.4) is 0 Å². The number of carbonyl (C=O) groups is 2. The van der Waals surface area contributed by atoms with Crippen LogP contribution in [0.25, 0.3) is 0 Å². The van der Waals surface area contributed by atoms with Crippen molar-refractivity contribution in [3.8, 4) is 11.5 Å². The Morgan fingerprint density at radius 3 is 2.25 bits per heavy atom. The summed E-state index contributed by atoms with van der Waals surface area (Å²) >= 11 is 5.90. The molecule has 0 aliphatic heterocycles. The first-order chi connectivity index (χ1) is 16.9. The number of benzene rings is 3. The Morgan fingerprint density at radius 1 is 1.00 bits per heavy atom. The van der Waals surface area contributed by atoms with Crippen LogP contribution in [0.2, 0.25) is 5.02 Å². The number of halogens is 3. The zero-order chi connectivity index (χ0) is 26.6. The van der Waals surface area contributed by atoms with E-state index < -0.39 is 57.6 Å². The van der Waals surface area contributed by atoms with Crippen LogP contribution in [0.1, 0.15) is 5.56 Å². The monoisotopic (exact) mass is 539 g/mol. The number of nitrogens with zero attached hydrogens (tertiary/aromatic N) is 1. The van der Waals surface area contributed by atoms with E-state index >= 15 is 0 Å². The highest BCUT2D eigenvalue weighted by molar-refractivity contribution is 7.90. The van der Waals surface area contributed by atoms with Gasteiger partial charge in [0.25, 0.3) is 10.0 Å². The van der Waals surface area contributed by atoms with Crippen molar-refractivity contribution >= 4 is 39.2 Å². The first-order valence-corrected chi connectivity index (χ1v) is 12.1. The summed E-state index contributed by atoms with van der Waals surface area (Å²) in [6.45, 7) is 0. The van der Waals surface area contributed by atoms with E-state index in [2.05, 4.69) is 5.32 Å². The number of amides is 3. The van der Waals surface area contributed by atoms with Gasteiger partial charge in [0.15, 0.2) is 11.5 Å². The summed E-state index contributed by atoms with van der Waals surface area (Å²) in [5.41, 5.74) is 0.110. The van der Waals surface area contributed by atoms with Crippen molar-refractivity contribution in [3.63, 3.8) is 0 Å². The summed E-state index contributed by atoms with van der Waals surface area (Å²) < 4.78 is 54.4. The van der Waals surface area contributed by atoms with Gasteiger partial charge in [-0.25, -0.2) is 26.7 Å². The molecule has 0 fully saturated rings. The molecule has 0 aliphatic carbocycles. The van der Waals surface area contributed by atoms with Crippen molar-refractivity contribution in [2.75, 3.05) is 11.9 Å². The van der Waals surface area contributed by atoms with Crippen molar-refractivity contribution in [2.24, 2.45) is 0 Å². The summed E-state index contributed by atoms with van der Waals surface area (Å²) in [7, 11) is -3.15. The van der Waals surface area contributed by atoms with Gasteiger partial charge in [-0.05, 0) is 42.0 Å². The zero-order valence-corrected chi connectivity index (χ0v) is 20.1. The SMILES string of the molecule is CN(C(=O)[C@H](Cc1cc(F)cc(F)c1)NC(=O)NS(=O)(=O)c1ccccc1Cl)c1ccc(O)c(O)c1. The third-order valence-electron chi connectivity index (χ3n) is 5.00. The van der Waals surface area contributed by atoms with Crippen molar-refractivity contribution in [3.05, 3.63) is 82.9 Å². The smallest absolute Gasteiger partial charge is 0.329 e. The lowest BCUT2D eigenvalue weighted by Crippen LogP contribution is -2.52. The molecule has 3 aromatic carbocycles. The highest BCUT2D eigenvalue weighted by Crippen LogP contribution is 2.29. The van der Waals surface area contributed by atoms with Crippen molar-refractivity contribution in [1.82, 2.24) is 10.0 Å². The number of carbonyl (C=O) groups excluding carboxylic acids is 2. The fourth-order valence-electron chi connectivity index (χ4n) is 3.27. The summed E-state index contributed by atoms with van der Waals surface area (Å²) in [4.78, 5) is 26.4. The number of phenols is 2. The largest absolute Gasteiger partial charge is 0.504 e. The van der Waals surface area contributed by atoms with E-state index in [1.54, 1.807) is 4.72 Å². The molecule has 3 amide bonds. The van der Waals surface area contributed by atoms with Gasteiger partial charge in [-0.3, -0.25) is 4.79 Å². The Kier molecular flexibility index (Phi) is 8.00. The fraction of sp³-hybridized carbons (Fsp3) is 0.130. The highest BCUT2D eigenvalue weighted by atomic mass is 35.5. The lowest BCUT2D eigenvalue weighted by molar-refractivity contribution is -0.120. The Morgan fingerprint density at radius 2 is 1.64 bits per heavy atom. The second-order valence-corrected chi connectivity index (χ2v) is 9.67. The minimum absolute atomic E-state index is 0.00191. The number of urea groups is 1. The van der Waals surface area contributed by atoms with E-state index in [-0.39, 0.29) is 21.2 Å². The predicted octanol–water partition coefficient (Wildman–Crippen LogP) is 3.29. The van der Waals surface area contributed by atoms with E-state index in [0.717, 1.165) is 29.2 Å². The molecular formula is C23H20ClF2N3O6S. The number of hydrogen-bond acceptors (Lipinski definition) is 6. The molecule has 0 saturated carbocycles. The van der Waals surface area contributed by atoms with Gasteiger partial charge >= 0.3 is 6.03 Å². The van der Waals surface area contributed by atoms with Crippen LogP contribution in [-0.4, -0.2) is 43.7 Å². The molecule has 190 valence electrons. The number of rotatable bonds is 7. The van der Waals surface area contributed by atoms with Gasteiger partial charge in [0.05, 0.1) is 5.02 Å². The second-order valence-electron chi connectivity index (χ2n) is 7.61. The van der Waals surface area contributed by atoms with Crippen LogP contribution >= 0.6 is 11.6 Å². The van der Waals surface area contributed by atoms with E-state index in [4.69, 9.17) is 11.6 Å². The zero-order valence-electron chi connectivity index (χ0n) is 18.6. The standard InChI is InChI=1S/C23H20ClF2N3O6S/c1-29(16-6-7-19(30)20(31)12-16)22(32)18(10-13-8-14(25)11-15(26)9-13)27-23(33)28-36(34,35)21-5-3-2-4-17(21)24/h2-9,11-12,18,30-31H,10H2,1H3,(H2,27,28,33)/t18-/m0/s1. The lowest BCUT2D eigenvalue weighted by atomic mass is 10.0. The Balaban J connectivity index is 1.89. The van der Waals surface area contributed by atoms with Crippen molar-refractivity contribution in [2.45, 2.75) is 17.4 Å². The van der Waals surface area contributed by atoms with Crippen molar-refractivity contribution in [1.29, 1.82) is 0 Å². The molecule has 36 heavy (non-hydrogen) atoms. The number of sulfonamides is 1. The molecule has 3 rings (SSSR count). The van der Waals surface area contributed by atoms with Crippen LogP contribution in [0, 0.1) is 11.6 Å². The number of nitrogens with one attached hydrogen (secondary N) is 2. The fourth-order valence-corrected chi connectivity index (χ4v) is 4.71. The third kappa shape index (κ3) is 6.40. The number of phenolic OH excluding ortho intramolecular Hbond substituents is 2. The van der Waals surface area contributed by atoms with Gasteiger partial charge in [-0.15, -0.1) is 0 Å². The number of anilines is 1. The van der Waals surface area contributed by atoms with Crippen LogP contribution in [0.4, 0.5) is 19.3 Å². The number of aromatic hydroxyl groups is 2. The molecular weight excluding hydrogens is 520 g/mol. The second kappa shape index (κ2) is 10.8. The summed E-state index contributed by atoms with van der Waals surface area (Å²) in [6.07, 6.45) is -0.415. The van der Waals surface area contributed by atoms with Crippen LogP contribution in [0.5, 0.6) is 11.5 Å².